The zero-order valence-corrected chi connectivity index (χ0v) is 14.1. The van der Waals surface area contributed by atoms with Gasteiger partial charge in [-0.15, -0.1) is 11.6 Å². The molecule has 0 bridgehead atoms. The van der Waals surface area contributed by atoms with Gasteiger partial charge in [0.05, 0.1) is 5.56 Å². The van der Waals surface area contributed by atoms with E-state index in [4.69, 9.17) is 11.6 Å². The fraction of sp³-hybridized carbons (Fsp3) is 0.533. The molecule has 4 heteroatoms. The lowest BCUT2D eigenvalue weighted by atomic mass is 9.95. The highest BCUT2D eigenvalue weighted by molar-refractivity contribution is 14.1. The minimum absolute atomic E-state index is 0.173. The third kappa shape index (κ3) is 3.63. The molecule has 0 radical (unpaired) electrons. The maximum absolute atomic E-state index is 12.6. The van der Waals surface area contributed by atoms with Crippen LogP contribution in [0, 0.1) is 16.4 Å². The molecule has 1 amide bonds. The summed E-state index contributed by atoms with van der Waals surface area (Å²) in [6.45, 7) is 3.78. The standard InChI is InChI=1S/C15H19ClINO/c1-11-4-2-6-13(14(11)17)15(19)18-9-3-5-12(10-18)7-8-16/h2,4,6,12H,3,5,7-10H2,1H3. The number of aryl methyl sites for hydroxylation is 1. The molecule has 1 aliphatic rings. The SMILES string of the molecule is Cc1cccc(C(=O)N2CCCC(CCCl)C2)c1I. The van der Waals surface area contributed by atoms with E-state index in [0.29, 0.717) is 11.8 Å². The van der Waals surface area contributed by atoms with Gasteiger partial charge in [-0.3, -0.25) is 4.79 Å². The first-order chi connectivity index (χ1) is 9.13. The Hall–Kier alpha value is -0.290. The van der Waals surface area contributed by atoms with Crippen LogP contribution in [0.4, 0.5) is 0 Å². The van der Waals surface area contributed by atoms with E-state index in [2.05, 4.69) is 22.6 Å². The number of benzene rings is 1. The monoisotopic (exact) mass is 391 g/mol. The summed E-state index contributed by atoms with van der Waals surface area (Å²) in [4.78, 5) is 14.6. The first kappa shape index (κ1) is 15.1. The summed E-state index contributed by atoms with van der Waals surface area (Å²) in [5, 5.41) is 0. The van der Waals surface area contributed by atoms with Crippen LogP contribution >= 0.6 is 34.2 Å². The first-order valence-electron chi connectivity index (χ1n) is 6.74. The van der Waals surface area contributed by atoms with Crippen molar-refractivity contribution < 1.29 is 4.79 Å². The van der Waals surface area contributed by atoms with Crippen LogP contribution in [0.5, 0.6) is 0 Å². The maximum atomic E-state index is 12.6. The number of piperidine rings is 1. The highest BCUT2D eigenvalue weighted by Crippen LogP contribution is 2.24. The molecule has 1 saturated heterocycles. The number of hydrogen-bond donors (Lipinski definition) is 0. The minimum Gasteiger partial charge on any atom is -0.338 e. The second-order valence-electron chi connectivity index (χ2n) is 5.17. The lowest BCUT2D eigenvalue weighted by molar-refractivity contribution is 0.0670. The van der Waals surface area contributed by atoms with E-state index in [9.17, 15) is 4.79 Å². The summed E-state index contributed by atoms with van der Waals surface area (Å²) in [6, 6.07) is 5.94. The summed E-state index contributed by atoms with van der Waals surface area (Å²) in [5.41, 5.74) is 2.01. The maximum Gasteiger partial charge on any atom is 0.254 e. The van der Waals surface area contributed by atoms with E-state index in [1.165, 1.54) is 12.0 Å². The van der Waals surface area contributed by atoms with Crippen molar-refractivity contribution in [3.05, 3.63) is 32.9 Å². The second kappa shape index (κ2) is 6.93. The summed E-state index contributed by atoms with van der Waals surface area (Å²) in [5.74, 6) is 1.43. The lowest BCUT2D eigenvalue weighted by Crippen LogP contribution is -2.40. The number of amides is 1. The van der Waals surface area contributed by atoms with Gasteiger partial charge in [0.15, 0.2) is 0 Å². The number of rotatable bonds is 3. The zero-order valence-electron chi connectivity index (χ0n) is 11.2. The predicted molar refractivity (Wildman–Crippen MR) is 87.9 cm³/mol. The molecule has 0 N–H and O–H groups in total. The largest absolute Gasteiger partial charge is 0.338 e. The van der Waals surface area contributed by atoms with Crippen LogP contribution in [0.2, 0.25) is 0 Å². The third-order valence-electron chi connectivity index (χ3n) is 3.75. The van der Waals surface area contributed by atoms with E-state index in [1.54, 1.807) is 0 Å². The molecule has 1 aromatic rings. The second-order valence-corrected chi connectivity index (χ2v) is 6.63. The van der Waals surface area contributed by atoms with Gasteiger partial charge >= 0.3 is 0 Å². The summed E-state index contributed by atoms with van der Waals surface area (Å²) in [6.07, 6.45) is 3.30. The summed E-state index contributed by atoms with van der Waals surface area (Å²) in [7, 11) is 0. The van der Waals surface area contributed by atoms with Gasteiger partial charge in [0.25, 0.3) is 5.91 Å². The van der Waals surface area contributed by atoms with Crippen LogP contribution in [0.1, 0.15) is 35.2 Å². The van der Waals surface area contributed by atoms with Gasteiger partial charge in [-0.2, -0.15) is 0 Å². The van der Waals surface area contributed by atoms with Crippen LogP contribution in [-0.2, 0) is 0 Å². The highest BCUT2D eigenvalue weighted by Gasteiger charge is 2.25. The quantitative estimate of drug-likeness (QED) is 0.561. The fourth-order valence-electron chi connectivity index (χ4n) is 2.62. The Morgan fingerprint density at radius 3 is 3.05 bits per heavy atom. The van der Waals surface area contributed by atoms with Gasteiger partial charge in [0.1, 0.15) is 0 Å². The van der Waals surface area contributed by atoms with Crippen LogP contribution in [-0.4, -0.2) is 29.8 Å². The minimum atomic E-state index is 0.173. The molecule has 2 rings (SSSR count). The molecule has 1 fully saturated rings. The van der Waals surface area contributed by atoms with Gasteiger partial charge in [-0.25, -0.2) is 0 Å². The van der Waals surface area contributed by atoms with Crippen molar-refractivity contribution in [3.8, 4) is 0 Å². The molecule has 19 heavy (non-hydrogen) atoms. The number of hydrogen-bond acceptors (Lipinski definition) is 1. The smallest absolute Gasteiger partial charge is 0.254 e. The summed E-state index contributed by atoms with van der Waals surface area (Å²) < 4.78 is 1.07. The molecule has 0 aliphatic carbocycles. The van der Waals surface area contributed by atoms with Gasteiger partial charge in [0.2, 0.25) is 0 Å². The molecule has 2 nitrogen and oxygen atoms in total. The van der Waals surface area contributed by atoms with Crippen LogP contribution < -0.4 is 0 Å². The van der Waals surface area contributed by atoms with Crippen molar-refractivity contribution in [2.45, 2.75) is 26.2 Å². The average molecular weight is 392 g/mol. The Morgan fingerprint density at radius 1 is 1.53 bits per heavy atom. The molecular formula is C15H19ClINO. The Bertz CT molecular complexity index is 461. The molecule has 104 valence electrons. The predicted octanol–water partition coefficient (Wildman–Crippen LogP) is 4.08. The van der Waals surface area contributed by atoms with Crippen molar-refractivity contribution in [2.75, 3.05) is 19.0 Å². The van der Waals surface area contributed by atoms with Crippen LogP contribution in [0.3, 0.4) is 0 Å². The number of alkyl halides is 1. The molecule has 1 aromatic carbocycles. The topological polar surface area (TPSA) is 20.3 Å². The number of halogens is 2. The van der Waals surface area contributed by atoms with Gasteiger partial charge in [0, 0.05) is 22.5 Å². The number of nitrogens with zero attached hydrogens (tertiary/aromatic N) is 1. The molecular weight excluding hydrogens is 373 g/mol. The van der Waals surface area contributed by atoms with Crippen molar-refractivity contribution in [2.24, 2.45) is 5.92 Å². The van der Waals surface area contributed by atoms with E-state index < -0.39 is 0 Å². The lowest BCUT2D eigenvalue weighted by Gasteiger charge is -2.33. The Morgan fingerprint density at radius 2 is 2.32 bits per heavy atom. The van der Waals surface area contributed by atoms with E-state index in [-0.39, 0.29) is 5.91 Å². The molecule has 1 atom stereocenters. The zero-order chi connectivity index (χ0) is 13.8. The van der Waals surface area contributed by atoms with Crippen LogP contribution in [0.25, 0.3) is 0 Å². The van der Waals surface area contributed by atoms with Crippen molar-refractivity contribution >= 4 is 40.1 Å². The fourth-order valence-corrected chi connectivity index (χ4v) is 3.52. The van der Waals surface area contributed by atoms with E-state index in [1.807, 2.05) is 30.0 Å². The number of carbonyl (C=O) groups is 1. The Balaban J connectivity index is 2.12. The number of likely N-dealkylation sites (tertiary alicyclic amines) is 1. The van der Waals surface area contributed by atoms with Crippen molar-refractivity contribution in [1.82, 2.24) is 4.90 Å². The van der Waals surface area contributed by atoms with Gasteiger partial charge in [-0.1, -0.05) is 12.1 Å². The molecule has 1 heterocycles. The molecule has 1 aliphatic heterocycles. The summed E-state index contributed by atoms with van der Waals surface area (Å²) >= 11 is 8.09. The van der Waals surface area contributed by atoms with Crippen molar-refractivity contribution in [1.29, 1.82) is 0 Å². The highest BCUT2D eigenvalue weighted by atomic mass is 127. The van der Waals surface area contributed by atoms with Gasteiger partial charge in [-0.05, 0) is 66.3 Å². The normalized spacial score (nSPS) is 19.5. The Labute approximate surface area is 133 Å². The first-order valence-corrected chi connectivity index (χ1v) is 8.35. The van der Waals surface area contributed by atoms with E-state index in [0.717, 1.165) is 35.1 Å². The molecule has 0 aromatic heterocycles. The number of carbonyl (C=O) groups excluding carboxylic acids is 1. The molecule has 1 unspecified atom stereocenters. The molecule has 0 spiro atoms. The van der Waals surface area contributed by atoms with Gasteiger partial charge < -0.3 is 4.90 Å². The third-order valence-corrected chi connectivity index (χ3v) is 5.40. The van der Waals surface area contributed by atoms with Crippen LogP contribution in [0.15, 0.2) is 18.2 Å². The molecule has 0 saturated carbocycles. The Kier molecular flexibility index (Phi) is 5.51. The average Bonchev–Trinajstić information content (AvgIpc) is 2.42. The van der Waals surface area contributed by atoms with E-state index >= 15 is 0 Å². The van der Waals surface area contributed by atoms with Crippen molar-refractivity contribution in [3.63, 3.8) is 0 Å².